The lowest BCUT2D eigenvalue weighted by atomic mass is 10.2. The van der Waals surface area contributed by atoms with Gasteiger partial charge in [0, 0.05) is 11.3 Å². The third-order valence-corrected chi connectivity index (χ3v) is 2.44. The first kappa shape index (κ1) is 11.5. The van der Waals surface area contributed by atoms with Gasteiger partial charge in [0.05, 0.1) is 12.4 Å². The van der Waals surface area contributed by atoms with Crippen molar-refractivity contribution in [1.29, 1.82) is 0 Å². The molecule has 0 bridgehead atoms. The highest BCUT2D eigenvalue weighted by Gasteiger charge is 2.06. The molecule has 0 aliphatic heterocycles. The number of nitrogen functional groups attached to an aromatic ring is 1. The van der Waals surface area contributed by atoms with Crippen LogP contribution < -0.4 is 11.1 Å². The number of nitrogens with zero attached hydrogens (tertiary/aromatic N) is 2. The van der Waals surface area contributed by atoms with Crippen molar-refractivity contribution >= 4 is 33.3 Å². The number of rotatable bonds is 2. The SMILES string of the molecule is Nc1ccc(C(=O)Nc2cnc(Br)cn2)cc1. The van der Waals surface area contributed by atoms with Crippen LogP contribution >= 0.6 is 15.9 Å². The Morgan fingerprint density at radius 3 is 2.47 bits per heavy atom. The summed E-state index contributed by atoms with van der Waals surface area (Å²) in [6.45, 7) is 0. The second-order valence-corrected chi connectivity index (χ2v) is 4.11. The maximum atomic E-state index is 11.8. The Kier molecular flexibility index (Phi) is 3.34. The number of nitrogens with two attached hydrogens (primary N) is 1. The van der Waals surface area contributed by atoms with Crippen molar-refractivity contribution in [3.05, 3.63) is 46.8 Å². The summed E-state index contributed by atoms with van der Waals surface area (Å²) >= 11 is 3.16. The molecular weight excluding hydrogens is 284 g/mol. The summed E-state index contributed by atoms with van der Waals surface area (Å²) < 4.78 is 0.614. The average Bonchev–Trinajstić information content (AvgIpc) is 2.33. The molecule has 0 saturated heterocycles. The zero-order chi connectivity index (χ0) is 12.3. The highest BCUT2D eigenvalue weighted by Crippen LogP contribution is 2.10. The van der Waals surface area contributed by atoms with Gasteiger partial charge in [-0.2, -0.15) is 0 Å². The van der Waals surface area contributed by atoms with Gasteiger partial charge in [0.1, 0.15) is 4.60 Å². The number of hydrogen-bond donors (Lipinski definition) is 2. The minimum atomic E-state index is -0.248. The molecule has 0 aliphatic carbocycles. The molecule has 1 heterocycles. The van der Waals surface area contributed by atoms with E-state index in [1.54, 1.807) is 24.3 Å². The van der Waals surface area contributed by atoms with Gasteiger partial charge in [-0.3, -0.25) is 4.79 Å². The van der Waals surface area contributed by atoms with Crippen molar-refractivity contribution in [3.63, 3.8) is 0 Å². The summed E-state index contributed by atoms with van der Waals surface area (Å²) in [5, 5.41) is 2.63. The van der Waals surface area contributed by atoms with Gasteiger partial charge in [0.2, 0.25) is 0 Å². The molecule has 3 N–H and O–H groups in total. The first-order valence-electron chi connectivity index (χ1n) is 4.79. The van der Waals surface area contributed by atoms with Gasteiger partial charge in [0.15, 0.2) is 5.82 Å². The number of anilines is 2. The van der Waals surface area contributed by atoms with Gasteiger partial charge >= 0.3 is 0 Å². The fraction of sp³-hybridized carbons (Fsp3) is 0. The smallest absolute Gasteiger partial charge is 0.256 e. The van der Waals surface area contributed by atoms with E-state index < -0.39 is 0 Å². The van der Waals surface area contributed by atoms with Crippen LogP contribution in [0.4, 0.5) is 11.5 Å². The predicted octanol–water partition coefficient (Wildman–Crippen LogP) is 2.07. The van der Waals surface area contributed by atoms with Gasteiger partial charge in [-0.05, 0) is 40.2 Å². The summed E-state index contributed by atoms with van der Waals surface area (Å²) in [6.07, 6.45) is 2.98. The minimum absolute atomic E-state index is 0.248. The standard InChI is InChI=1S/C11H9BrN4O/c12-9-5-15-10(6-14-9)16-11(17)7-1-3-8(13)4-2-7/h1-6H,13H2,(H,15,16,17). The zero-order valence-electron chi connectivity index (χ0n) is 8.72. The van der Waals surface area contributed by atoms with Crippen LogP contribution in [0.3, 0.4) is 0 Å². The molecule has 0 aliphatic rings. The molecule has 6 heteroatoms. The Morgan fingerprint density at radius 1 is 1.18 bits per heavy atom. The van der Waals surface area contributed by atoms with Crippen molar-refractivity contribution < 1.29 is 4.79 Å². The quantitative estimate of drug-likeness (QED) is 0.831. The molecule has 0 spiro atoms. The number of aromatic nitrogens is 2. The number of amides is 1. The summed E-state index contributed by atoms with van der Waals surface area (Å²) in [5.41, 5.74) is 6.67. The monoisotopic (exact) mass is 292 g/mol. The van der Waals surface area contributed by atoms with Crippen LogP contribution in [-0.4, -0.2) is 15.9 Å². The molecule has 0 saturated carbocycles. The lowest BCUT2D eigenvalue weighted by Gasteiger charge is -2.04. The number of halogens is 1. The molecule has 1 aromatic heterocycles. The molecule has 5 nitrogen and oxygen atoms in total. The van der Waals surface area contributed by atoms with Crippen LogP contribution in [-0.2, 0) is 0 Å². The molecular formula is C11H9BrN4O. The van der Waals surface area contributed by atoms with Crippen LogP contribution in [0.5, 0.6) is 0 Å². The van der Waals surface area contributed by atoms with Gasteiger partial charge in [0.25, 0.3) is 5.91 Å². The Balaban J connectivity index is 2.11. The molecule has 1 amide bonds. The van der Waals surface area contributed by atoms with Crippen molar-refractivity contribution in [1.82, 2.24) is 9.97 Å². The number of carbonyl (C=O) groups is 1. The fourth-order valence-electron chi connectivity index (χ4n) is 1.20. The van der Waals surface area contributed by atoms with Crippen LogP contribution in [0.25, 0.3) is 0 Å². The summed E-state index contributed by atoms with van der Waals surface area (Å²) in [5.74, 6) is 0.150. The Bertz CT molecular complexity index is 524. The largest absolute Gasteiger partial charge is 0.399 e. The van der Waals surface area contributed by atoms with E-state index in [9.17, 15) is 4.79 Å². The normalized spacial score (nSPS) is 9.94. The third-order valence-electron chi connectivity index (χ3n) is 2.03. The highest BCUT2D eigenvalue weighted by molar-refractivity contribution is 9.10. The van der Waals surface area contributed by atoms with Crippen LogP contribution in [0.2, 0.25) is 0 Å². The predicted molar refractivity (Wildman–Crippen MR) is 68.5 cm³/mol. The van der Waals surface area contributed by atoms with E-state index in [-0.39, 0.29) is 5.91 Å². The average molecular weight is 293 g/mol. The lowest BCUT2D eigenvalue weighted by Crippen LogP contribution is -2.13. The van der Waals surface area contributed by atoms with Crippen molar-refractivity contribution in [3.8, 4) is 0 Å². The van der Waals surface area contributed by atoms with Gasteiger partial charge in [-0.15, -0.1) is 0 Å². The fourth-order valence-corrected chi connectivity index (χ4v) is 1.40. The summed E-state index contributed by atoms with van der Waals surface area (Å²) in [4.78, 5) is 19.7. The Labute approximate surface area is 106 Å². The van der Waals surface area contributed by atoms with E-state index in [1.807, 2.05) is 0 Å². The maximum absolute atomic E-state index is 11.8. The zero-order valence-corrected chi connectivity index (χ0v) is 10.3. The van der Waals surface area contributed by atoms with E-state index in [1.165, 1.54) is 12.4 Å². The van der Waals surface area contributed by atoms with E-state index in [0.29, 0.717) is 21.7 Å². The van der Waals surface area contributed by atoms with Crippen LogP contribution in [0.1, 0.15) is 10.4 Å². The molecule has 0 unspecified atom stereocenters. The van der Waals surface area contributed by atoms with E-state index >= 15 is 0 Å². The van der Waals surface area contributed by atoms with Gasteiger partial charge < -0.3 is 11.1 Å². The van der Waals surface area contributed by atoms with Gasteiger partial charge in [-0.25, -0.2) is 9.97 Å². The van der Waals surface area contributed by atoms with Gasteiger partial charge in [-0.1, -0.05) is 0 Å². The second-order valence-electron chi connectivity index (χ2n) is 3.30. The Morgan fingerprint density at radius 2 is 1.88 bits per heavy atom. The minimum Gasteiger partial charge on any atom is -0.399 e. The van der Waals surface area contributed by atoms with Crippen LogP contribution in [0, 0.1) is 0 Å². The maximum Gasteiger partial charge on any atom is 0.256 e. The van der Waals surface area contributed by atoms with E-state index in [0.717, 1.165) is 0 Å². The first-order chi connectivity index (χ1) is 8.15. The number of nitrogens with one attached hydrogen (secondary N) is 1. The molecule has 2 aromatic rings. The molecule has 17 heavy (non-hydrogen) atoms. The molecule has 0 fully saturated rings. The van der Waals surface area contributed by atoms with Crippen molar-refractivity contribution in [2.45, 2.75) is 0 Å². The lowest BCUT2D eigenvalue weighted by molar-refractivity contribution is 0.102. The molecule has 0 atom stereocenters. The number of hydrogen-bond acceptors (Lipinski definition) is 4. The summed E-state index contributed by atoms with van der Waals surface area (Å²) in [6, 6.07) is 6.64. The molecule has 2 rings (SSSR count). The highest BCUT2D eigenvalue weighted by atomic mass is 79.9. The van der Waals surface area contributed by atoms with E-state index in [2.05, 4.69) is 31.2 Å². The molecule has 86 valence electrons. The number of carbonyl (C=O) groups excluding carboxylic acids is 1. The molecule has 0 radical (unpaired) electrons. The van der Waals surface area contributed by atoms with Crippen molar-refractivity contribution in [2.75, 3.05) is 11.1 Å². The molecule has 1 aromatic carbocycles. The van der Waals surface area contributed by atoms with E-state index in [4.69, 9.17) is 5.73 Å². The second kappa shape index (κ2) is 4.92. The van der Waals surface area contributed by atoms with Crippen molar-refractivity contribution in [2.24, 2.45) is 0 Å². The Hall–Kier alpha value is -1.95. The third kappa shape index (κ3) is 3.01. The number of benzene rings is 1. The van der Waals surface area contributed by atoms with Crippen LogP contribution in [0.15, 0.2) is 41.3 Å². The first-order valence-corrected chi connectivity index (χ1v) is 5.59. The summed E-state index contributed by atoms with van der Waals surface area (Å²) in [7, 11) is 0. The topological polar surface area (TPSA) is 80.9 Å².